The summed E-state index contributed by atoms with van der Waals surface area (Å²) < 4.78 is 18.8. The molecule has 0 aliphatic carbocycles. The molecule has 0 radical (unpaired) electrons. The average molecular weight is 436 g/mol. The van der Waals surface area contributed by atoms with E-state index in [1.165, 1.54) is 34.9 Å². The van der Waals surface area contributed by atoms with E-state index >= 15 is 0 Å². The van der Waals surface area contributed by atoms with Gasteiger partial charge in [0, 0.05) is 18.6 Å². The van der Waals surface area contributed by atoms with Crippen LogP contribution in [0.25, 0.3) is 0 Å². The van der Waals surface area contributed by atoms with Gasteiger partial charge < -0.3 is 10.1 Å². The zero-order chi connectivity index (χ0) is 20.8. The molecule has 29 heavy (non-hydrogen) atoms. The predicted molar refractivity (Wildman–Crippen MR) is 113 cm³/mol. The number of anilines is 1. The number of nitrogens with zero attached hydrogens (tertiary/aromatic N) is 2. The van der Waals surface area contributed by atoms with Gasteiger partial charge in [0.15, 0.2) is 5.17 Å². The third-order valence-electron chi connectivity index (χ3n) is 4.11. The molecule has 0 unspecified atom stereocenters. The van der Waals surface area contributed by atoms with Crippen LogP contribution in [0.15, 0.2) is 53.5 Å². The number of hydrogen-bond acceptors (Lipinski definition) is 5. The lowest BCUT2D eigenvalue weighted by Crippen LogP contribution is -2.35. The van der Waals surface area contributed by atoms with Gasteiger partial charge in [-0.2, -0.15) is 0 Å². The zero-order valence-corrected chi connectivity index (χ0v) is 17.2. The molecule has 1 heterocycles. The van der Waals surface area contributed by atoms with Gasteiger partial charge >= 0.3 is 0 Å². The van der Waals surface area contributed by atoms with E-state index in [9.17, 15) is 14.0 Å². The first-order chi connectivity index (χ1) is 14.0. The van der Waals surface area contributed by atoms with E-state index in [0.717, 1.165) is 0 Å². The van der Waals surface area contributed by atoms with Crippen LogP contribution in [-0.4, -0.2) is 47.4 Å². The van der Waals surface area contributed by atoms with Crippen molar-refractivity contribution in [3.05, 3.63) is 59.4 Å². The molecule has 3 rings (SSSR count). The van der Waals surface area contributed by atoms with Crippen LogP contribution in [0.2, 0.25) is 5.02 Å². The fourth-order valence-corrected chi connectivity index (χ4v) is 3.98. The number of hydrogen-bond donors (Lipinski definition) is 1. The topological polar surface area (TPSA) is 71.0 Å². The van der Waals surface area contributed by atoms with Crippen LogP contribution in [0.4, 0.5) is 15.8 Å². The van der Waals surface area contributed by atoms with E-state index < -0.39 is 17.0 Å². The van der Waals surface area contributed by atoms with Crippen molar-refractivity contribution < 1.29 is 18.7 Å². The van der Waals surface area contributed by atoms with Crippen molar-refractivity contribution in [2.75, 3.05) is 25.6 Å². The first kappa shape index (κ1) is 21.3. The number of benzene rings is 2. The molecule has 1 N–H and O–H groups in total. The van der Waals surface area contributed by atoms with Crippen LogP contribution >= 0.6 is 23.4 Å². The zero-order valence-electron chi connectivity index (χ0n) is 15.6. The molecule has 2 aromatic carbocycles. The first-order valence-corrected chi connectivity index (χ1v) is 10.1. The van der Waals surface area contributed by atoms with Gasteiger partial charge in [-0.3, -0.25) is 14.5 Å². The summed E-state index contributed by atoms with van der Waals surface area (Å²) in [6.45, 7) is 0.653. The number of amides is 2. The summed E-state index contributed by atoms with van der Waals surface area (Å²) in [5.41, 5.74) is 0.725. The maximum absolute atomic E-state index is 13.7. The van der Waals surface area contributed by atoms with Crippen molar-refractivity contribution >= 4 is 51.7 Å². The Hall–Kier alpha value is -2.42. The molecule has 0 bridgehead atoms. The average Bonchev–Trinajstić information content (AvgIpc) is 2.98. The summed E-state index contributed by atoms with van der Waals surface area (Å²) in [4.78, 5) is 31.2. The number of ether oxygens (including phenoxy) is 1. The Morgan fingerprint density at radius 1 is 1.28 bits per heavy atom. The maximum Gasteiger partial charge on any atom is 0.242 e. The SMILES string of the molecule is COCCN1C(=O)[C@@H](CC(=O)Nc2ccccc2F)SC1=Nc1ccc(Cl)cc1. The Labute approximate surface area is 177 Å². The molecule has 1 atom stereocenters. The minimum Gasteiger partial charge on any atom is -0.383 e. The number of aliphatic imine (C=N–C) groups is 1. The molecular weight excluding hydrogens is 417 g/mol. The normalized spacial score (nSPS) is 17.8. The number of methoxy groups -OCH3 is 1. The molecule has 0 aromatic heterocycles. The number of rotatable bonds is 7. The Morgan fingerprint density at radius 3 is 2.69 bits per heavy atom. The van der Waals surface area contributed by atoms with Crippen LogP contribution in [0.1, 0.15) is 6.42 Å². The molecule has 0 saturated carbocycles. The Bertz CT molecular complexity index is 923. The minimum atomic E-state index is -0.648. The van der Waals surface area contributed by atoms with E-state index in [2.05, 4.69) is 10.3 Å². The largest absolute Gasteiger partial charge is 0.383 e. The Morgan fingerprint density at radius 2 is 2.00 bits per heavy atom. The summed E-state index contributed by atoms with van der Waals surface area (Å²) in [7, 11) is 1.54. The summed E-state index contributed by atoms with van der Waals surface area (Å²) in [6, 6.07) is 12.8. The number of para-hydroxylation sites is 1. The summed E-state index contributed by atoms with van der Waals surface area (Å²) in [5, 5.41) is 2.93. The second-order valence-corrected chi connectivity index (χ2v) is 7.80. The van der Waals surface area contributed by atoms with E-state index in [1.54, 1.807) is 37.4 Å². The molecular formula is C20H19ClFN3O3S. The van der Waals surface area contributed by atoms with Gasteiger partial charge in [-0.15, -0.1) is 0 Å². The first-order valence-electron chi connectivity index (χ1n) is 8.83. The Balaban J connectivity index is 1.74. The molecule has 1 aliphatic rings. The van der Waals surface area contributed by atoms with Crippen LogP contribution in [-0.2, 0) is 14.3 Å². The van der Waals surface area contributed by atoms with Crippen LogP contribution in [0.5, 0.6) is 0 Å². The molecule has 1 fully saturated rings. The highest BCUT2D eigenvalue weighted by Crippen LogP contribution is 2.32. The third-order valence-corrected chi connectivity index (χ3v) is 5.54. The van der Waals surface area contributed by atoms with Crippen LogP contribution in [0.3, 0.4) is 0 Å². The van der Waals surface area contributed by atoms with Gasteiger partial charge in [0.25, 0.3) is 0 Å². The number of nitrogens with one attached hydrogen (secondary N) is 1. The lowest BCUT2D eigenvalue weighted by Gasteiger charge is -2.15. The van der Waals surface area contributed by atoms with Crippen LogP contribution in [0, 0.1) is 5.82 Å². The number of thioether (sulfide) groups is 1. The second kappa shape index (κ2) is 9.87. The second-order valence-electron chi connectivity index (χ2n) is 6.19. The number of halogens is 2. The van der Waals surface area contributed by atoms with Crippen molar-refractivity contribution in [3.8, 4) is 0 Å². The van der Waals surface area contributed by atoms with Gasteiger partial charge in [-0.1, -0.05) is 35.5 Å². The maximum atomic E-state index is 13.7. The van der Waals surface area contributed by atoms with E-state index in [0.29, 0.717) is 29.0 Å². The van der Waals surface area contributed by atoms with Gasteiger partial charge in [0.05, 0.1) is 24.5 Å². The highest BCUT2D eigenvalue weighted by molar-refractivity contribution is 8.15. The lowest BCUT2D eigenvalue weighted by molar-refractivity contribution is -0.128. The monoisotopic (exact) mass is 435 g/mol. The quantitative estimate of drug-likeness (QED) is 0.711. The standard InChI is InChI=1S/C20H19ClFN3O3S/c1-28-11-10-25-19(27)17(12-18(26)24-16-5-3-2-4-15(16)22)29-20(25)23-14-8-6-13(21)7-9-14/h2-9,17H,10-12H2,1H3,(H,24,26)/t17-/m1/s1. The molecule has 1 saturated heterocycles. The number of carbonyl (C=O) groups is 2. The highest BCUT2D eigenvalue weighted by atomic mass is 35.5. The van der Waals surface area contributed by atoms with E-state index in [4.69, 9.17) is 16.3 Å². The van der Waals surface area contributed by atoms with Gasteiger partial charge in [0.1, 0.15) is 11.1 Å². The fraction of sp³-hybridized carbons (Fsp3) is 0.250. The predicted octanol–water partition coefficient (Wildman–Crippen LogP) is 4.09. The Kier molecular flexibility index (Phi) is 7.24. The van der Waals surface area contributed by atoms with Crippen molar-refractivity contribution in [2.45, 2.75) is 11.7 Å². The minimum absolute atomic E-state index is 0.0826. The summed E-state index contributed by atoms with van der Waals surface area (Å²) >= 11 is 7.10. The molecule has 1 aliphatic heterocycles. The van der Waals surface area contributed by atoms with Crippen molar-refractivity contribution in [1.82, 2.24) is 4.90 Å². The molecule has 6 nitrogen and oxygen atoms in total. The van der Waals surface area contributed by atoms with Gasteiger partial charge in [0.2, 0.25) is 11.8 Å². The highest BCUT2D eigenvalue weighted by Gasteiger charge is 2.39. The van der Waals surface area contributed by atoms with Crippen molar-refractivity contribution in [2.24, 2.45) is 4.99 Å². The van der Waals surface area contributed by atoms with Crippen molar-refractivity contribution in [1.29, 1.82) is 0 Å². The molecule has 9 heteroatoms. The smallest absolute Gasteiger partial charge is 0.242 e. The van der Waals surface area contributed by atoms with Gasteiger partial charge in [-0.05, 0) is 36.4 Å². The fourth-order valence-electron chi connectivity index (χ4n) is 2.67. The number of carbonyl (C=O) groups excluding carboxylic acids is 2. The summed E-state index contributed by atoms with van der Waals surface area (Å²) in [5.74, 6) is -1.21. The van der Waals surface area contributed by atoms with E-state index in [1.807, 2.05) is 0 Å². The lowest BCUT2D eigenvalue weighted by atomic mass is 10.2. The number of amidine groups is 1. The van der Waals surface area contributed by atoms with Crippen molar-refractivity contribution in [3.63, 3.8) is 0 Å². The molecule has 152 valence electrons. The molecule has 2 aromatic rings. The third kappa shape index (κ3) is 5.56. The molecule has 2 amide bonds. The molecule has 0 spiro atoms. The summed E-state index contributed by atoms with van der Waals surface area (Å²) in [6.07, 6.45) is -0.0963. The van der Waals surface area contributed by atoms with Crippen LogP contribution < -0.4 is 5.32 Å². The van der Waals surface area contributed by atoms with E-state index in [-0.39, 0.29) is 18.0 Å². The van der Waals surface area contributed by atoms with Gasteiger partial charge in [-0.25, -0.2) is 9.38 Å².